The maximum atomic E-state index is 12.4. The molecule has 47 heavy (non-hydrogen) atoms. The van der Waals surface area contributed by atoms with Crippen LogP contribution in [0.3, 0.4) is 0 Å². The normalized spacial score (nSPS) is 12.5. The third kappa shape index (κ3) is 6.31. The zero-order chi connectivity index (χ0) is 33.5. The lowest BCUT2D eigenvalue weighted by Crippen LogP contribution is -1.99. The molecule has 6 aromatic rings. The first kappa shape index (κ1) is 31.1. The van der Waals surface area contributed by atoms with Gasteiger partial charge in [0.2, 0.25) is 0 Å². The van der Waals surface area contributed by atoms with Gasteiger partial charge in [-0.15, -0.1) is 10.2 Å². The number of carbonyl (C=O) groups is 1. The minimum Gasteiger partial charge on any atom is -0.505 e. The van der Waals surface area contributed by atoms with Crippen molar-refractivity contribution >= 4 is 70.8 Å². The van der Waals surface area contributed by atoms with Crippen LogP contribution in [0, 0.1) is 0 Å². The van der Waals surface area contributed by atoms with E-state index < -0.39 is 48.1 Å². The van der Waals surface area contributed by atoms with Crippen LogP contribution in [-0.4, -0.2) is 52.1 Å². The number of fused-ring (bicyclic) bond motifs is 3. The number of nitrogens with one attached hydrogen (secondary N) is 1. The third-order valence-electron chi connectivity index (χ3n) is 6.88. The van der Waals surface area contributed by atoms with Gasteiger partial charge in [-0.05, 0) is 60.0 Å². The van der Waals surface area contributed by atoms with Crippen molar-refractivity contribution < 1.29 is 40.9 Å². The molecule has 5 N–H and O–H groups in total. The van der Waals surface area contributed by atoms with Gasteiger partial charge < -0.3 is 15.2 Å². The molecule has 0 aliphatic carbocycles. The number of carboxylic acids is 1. The Labute approximate surface area is 265 Å². The van der Waals surface area contributed by atoms with Crippen LogP contribution in [0.2, 0.25) is 0 Å². The first-order chi connectivity index (χ1) is 22.3. The van der Waals surface area contributed by atoms with Gasteiger partial charge >= 0.3 is 5.97 Å². The summed E-state index contributed by atoms with van der Waals surface area (Å²) in [5.41, 5.74) is 0.507. The van der Waals surface area contributed by atoms with E-state index in [0.29, 0.717) is 16.9 Å². The number of aromatic nitrogens is 2. The Morgan fingerprint density at radius 2 is 1.43 bits per heavy atom. The van der Waals surface area contributed by atoms with Gasteiger partial charge in [0.25, 0.3) is 20.2 Å². The first-order valence-electron chi connectivity index (χ1n) is 13.3. The quantitative estimate of drug-likeness (QED) is 0.0809. The fraction of sp³-hybridized carbons (Fsp3) is 0. The van der Waals surface area contributed by atoms with Crippen LogP contribution in [0.25, 0.3) is 33.2 Å². The lowest BCUT2D eigenvalue weighted by atomic mass is 10.1. The lowest BCUT2D eigenvalue weighted by molar-refractivity contribution is 0.0697. The fourth-order valence-electron chi connectivity index (χ4n) is 4.69. The van der Waals surface area contributed by atoms with Crippen LogP contribution >= 0.6 is 0 Å². The number of benzene rings is 5. The maximum absolute atomic E-state index is 12.4. The number of phenols is 1. The summed E-state index contributed by atoms with van der Waals surface area (Å²) in [6.45, 7) is 0. The van der Waals surface area contributed by atoms with Crippen LogP contribution < -0.4 is 0 Å². The summed E-state index contributed by atoms with van der Waals surface area (Å²) in [6, 6.07) is 21.8. The van der Waals surface area contributed by atoms with Gasteiger partial charge in [0.1, 0.15) is 22.1 Å². The Balaban J connectivity index is 1.41. The molecule has 6 rings (SSSR count). The minimum absolute atomic E-state index is 0.0586. The van der Waals surface area contributed by atoms with E-state index in [1.807, 2.05) is 30.3 Å². The largest absolute Gasteiger partial charge is 0.505 e. The standard InChI is InChI=1S/C30H20N6O9S2/c37-28-25-17(6-12-23-26(25)32-29(31-23)16-4-2-1-3-5-16)14-24(47(43,44)45)27(28)36-35-22-13-9-19(15-21(22)30(38)39)34-33-18-7-10-20(11-8-18)46(40,41)42/h1-15,37H,(H,31,32)(H,38,39)(H,40,41,42)(H,43,44,45)/b34-33+,36-35+. The van der Waals surface area contributed by atoms with Crippen molar-refractivity contribution in [1.82, 2.24) is 9.97 Å². The summed E-state index contributed by atoms with van der Waals surface area (Å²) < 4.78 is 66.2. The van der Waals surface area contributed by atoms with Crippen LogP contribution in [-0.2, 0) is 20.2 Å². The predicted octanol–water partition coefficient (Wildman–Crippen LogP) is 7.11. The Morgan fingerprint density at radius 1 is 0.745 bits per heavy atom. The van der Waals surface area contributed by atoms with Crippen molar-refractivity contribution in [2.45, 2.75) is 9.79 Å². The molecule has 1 heterocycles. The Morgan fingerprint density at radius 3 is 2.09 bits per heavy atom. The van der Waals surface area contributed by atoms with E-state index in [9.17, 15) is 36.4 Å². The van der Waals surface area contributed by atoms with Gasteiger partial charge in [0, 0.05) is 5.56 Å². The number of imidazole rings is 1. The van der Waals surface area contributed by atoms with E-state index in [1.54, 1.807) is 6.07 Å². The molecule has 0 aliphatic heterocycles. The average Bonchev–Trinajstić information content (AvgIpc) is 3.47. The number of hydrogen-bond donors (Lipinski definition) is 5. The maximum Gasteiger partial charge on any atom is 0.338 e. The molecule has 1 aromatic heterocycles. The van der Waals surface area contributed by atoms with E-state index >= 15 is 0 Å². The number of nitrogens with zero attached hydrogens (tertiary/aromatic N) is 5. The van der Waals surface area contributed by atoms with Gasteiger partial charge in [-0.3, -0.25) is 9.11 Å². The highest BCUT2D eigenvalue weighted by Gasteiger charge is 2.24. The molecule has 0 unspecified atom stereocenters. The summed E-state index contributed by atoms with van der Waals surface area (Å²) in [4.78, 5) is 18.6. The molecule has 0 atom stereocenters. The van der Waals surface area contributed by atoms with Crippen LogP contribution in [0.4, 0.5) is 22.7 Å². The van der Waals surface area contributed by atoms with Crippen molar-refractivity contribution in [3.63, 3.8) is 0 Å². The molecular formula is C30H20N6O9S2. The number of phenolic OH excluding ortho intramolecular Hbond substituents is 1. The van der Waals surface area contributed by atoms with Gasteiger partial charge in [0.05, 0.1) is 38.3 Å². The molecule has 0 bridgehead atoms. The zero-order valence-electron chi connectivity index (χ0n) is 23.5. The average molecular weight is 673 g/mol. The highest BCUT2D eigenvalue weighted by Crippen LogP contribution is 2.44. The first-order valence-corrected chi connectivity index (χ1v) is 16.2. The van der Waals surface area contributed by atoms with E-state index in [0.717, 1.165) is 29.8 Å². The van der Waals surface area contributed by atoms with Crippen molar-refractivity contribution in [2.24, 2.45) is 20.5 Å². The van der Waals surface area contributed by atoms with Crippen molar-refractivity contribution in [2.75, 3.05) is 0 Å². The second-order valence-corrected chi connectivity index (χ2v) is 12.7. The molecule has 0 fully saturated rings. The van der Waals surface area contributed by atoms with Gasteiger partial charge in [-0.1, -0.05) is 36.4 Å². The SMILES string of the molecule is O=C(O)c1cc(/N=N/c2ccc(S(=O)(=O)O)cc2)ccc1/N=N/c1c(S(=O)(=O)O)cc2ccc3nc(-c4ccccc4)[nH]c3c2c1O. The minimum atomic E-state index is -4.95. The van der Waals surface area contributed by atoms with Gasteiger partial charge in [0.15, 0.2) is 5.75 Å². The molecular weight excluding hydrogens is 652 g/mol. The number of azo groups is 2. The molecule has 0 amide bonds. The number of H-pyrrole nitrogens is 1. The summed E-state index contributed by atoms with van der Waals surface area (Å²) >= 11 is 0. The van der Waals surface area contributed by atoms with Crippen LogP contribution in [0.15, 0.2) is 121 Å². The number of carboxylic acid groups (broad SMARTS) is 1. The highest BCUT2D eigenvalue weighted by atomic mass is 32.2. The van der Waals surface area contributed by atoms with E-state index in [2.05, 4.69) is 30.4 Å². The van der Waals surface area contributed by atoms with Crippen molar-refractivity contribution in [3.8, 4) is 17.1 Å². The third-order valence-corrected chi connectivity index (χ3v) is 8.62. The summed E-state index contributed by atoms with van der Waals surface area (Å²) in [7, 11) is -9.35. The van der Waals surface area contributed by atoms with Crippen LogP contribution in [0.1, 0.15) is 10.4 Å². The van der Waals surface area contributed by atoms with Gasteiger partial charge in [-0.25, -0.2) is 9.78 Å². The van der Waals surface area contributed by atoms with E-state index in [4.69, 9.17) is 4.55 Å². The highest BCUT2D eigenvalue weighted by molar-refractivity contribution is 7.86. The van der Waals surface area contributed by atoms with Crippen molar-refractivity contribution in [1.29, 1.82) is 0 Å². The molecule has 17 heteroatoms. The molecule has 15 nitrogen and oxygen atoms in total. The monoisotopic (exact) mass is 672 g/mol. The second-order valence-electron chi connectivity index (χ2n) is 9.93. The zero-order valence-corrected chi connectivity index (χ0v) is 25.2. The number of aromatic amines is 1. The van der Waals surface area contributed by atoms with E-state index in [1.165, 1.54) is 30.3 Å². The Hall–Kier alpha value is -5.88. The molecule has 0 saturated carbocycles. The summed E-state index contributed by atoms with van der Waals surface area (Å²) in [5, 5.41) is 37.2. The fourth-order valence-corrected chi connectivity index (χ4v) is 5.83. The van der Waals surface area contributed by atoms with Crippen LogP contribution in [0.5, 0.6) is 5.75 Å². The number of hydrogen-bond acceptors (Lipinski definition) is 11. The topological polar surface area (TPSA) is 244 Å². The number of aromatic carboxylic acids is 1. The predicted molar refractivity (Wildman–Crippen MR) is 169 cm³/mol. The van der Waals surface area contributed by atoms with Crippen molar-refractivity contribution in [3.05, 3.63) is 96.6 Å². The second kappa shape index (κ2) is 11.8. The number of rotatable bonds is 8. The molecule has 0 spiro atoms. The molecule has 0 saturated heterocycles. The van der Waals surface area contributed by atoms with E-state index in [-0.39, 0.29) is 32.7 Å². The summed E-state index contributed by atoms with van der Waals surface area (Å²) in [5.74, 6) is -1.62. The van der Waals surface area contributed by atoms with Gasteiger partial charge in [-0.2, -0.15) is 27.1 Å². The molecule has 0 aliphatic rings. The molecule has 236 valence electrons. The molecule has 0 radical (unpaired) electrons. The number of aromatic hydroxyl groups is 1. The Bertz CT molecular complexity index is 2500. The summed E-state index contributed by atoms with van der Waals surface area (Å²) in [6.07, 6.45) is 0. The lowest BCUT2D eigenvalue weighted by Gasteiger charge is -2.09. The Kier molecular flexibility index (Phi) is 7.82. The molecule has 5 aromatic carbocycles. The smallest absolute Gasteiger partial charge is 0.338 e.